The van der Waals surface area contributed by atoms with Gasteiger partial charge in [-0.2, -0.15) is 5.10 Å². The minimum absolute atomic E-state index is 0.237. The van der Waals surface area contributed by atoms with E-state index >= 15 is 0 Å². The Labute approximate surface area is 254 Å². The summed E-state index contributed by atoms with van der Waals surface area (Å²) < 4.78 is 1.90. The lowest BCUT2D eigenvalue weighted by Crippen LogP contribution is -2.28. The minimum Gasteiger partial charge on any atom is -0.373 e. The number of amides is 1. The molecule has 0 aliphatic rings. The van der Waals surface area contributed by atoms with E-state index in [0.29, 0.717) is 0 Å². The summed E-state index contributed by atoms with van der Waals surface area (Å²) in [6.07, 6.45) is 5.99. The molecule has 0 saturated carbocycles. The van der Waals surface area contributed by atoms with E-state index in [4.69, 9.17) is 4.98 Å². The maximum absolute atomic E-state index is 12.3. The van der Waals surface area contributed by atoms with Gasteiger partial charge in [0, 0.05) is 72.5 Å². The van der Waals surface area contributed by atoms with Gasteiger partial charge in [0.15, 0.2) is 0 Å². The predicted octanol–water partition coefficient (Wildman–Crippen LogP) is 6.60. The maximum atomic E-state index is 12.3. The Bertz CT molecular complexity index is 1790. The lowest BCUT2D eigenvalue weighted by Gasteiger charge is -2.21. The van der Waals surface area contributed by atoms with Gasteiger partial charge in [-0.3, -0.25) is 9.48 Å². The van der Waals surface area contributed by atoms with Crippen LogP contribution >= 0.6 is 0 Å². The Kier molecular flexibility index (Phi) is 8.50. The molecule has 1 amide bonds. The van der Waals surface area contributed by atoms with Crippen LogP contribution in [0.4, 0.5) is 11.4 Å². The largest absolute Gasteiger partial charge is 0.373 e. The molecule has 8 nitrogen and oxygen atoms in total. The molecule has 0 unspecified atom stereocenters. The van der Waals surface area contributed by atoms with Gasteiger partial charge in [-0.25, -0.2) is 4.98 Å². The molecule has 2 aromatic carbocycles. The summed E-state index contributed by atoms with van der Waals surface area (Å²) in [7, 11) is 8.27. The molecule has 0 spiro atoms. The molecule has 0 radical (unpaired) electrons. The zero-order chi connectivity index (χ0) is 30.8. The highest BCUT2D eigenvalue weighted by Crippen LogP contribution is 2.43. The van der Waals surface area contributed by atoms with Gasteiger partial charge in [-0.15, -0.1) is 0 Å². The first kappa shape index (κ1) is 29.8. The third-order valence-corrected chi connectivity index (χ3v) is 8.26. The average molecular weight is 576 g/mol. The summed E-state index contributed by atoms with van der Waals surface area (Å²) in [5, 5.41) is 8.57. The molecular formula is C35H41N7O. The number of nitrogens with zero attached hydrogens (tertiary/aromatic N) is 5. The number of nitrogens with one attached hydrogen (secondary N) is 2. The minimum atomic E-state index is -0.237. The third kappa shape index (κ3) is 5.83. The fourth-order valence-corrected chi connectivity index (χ4v) is 5.54. The molecule has 0 bridgehead atoms. The summed E-state index contributed by atoms with van der Waals surface area (Å²) in [5.74, 6) is -0.237. The Morgan fingerprint density at radius 1 is 1.02 bits per heavy atom. The highest BCUT2D eigenvalue weighted by molar-refractivity contribution is 6.07. The van der Waals surface area contributed by atoms with E-state index in [0.717, 1.165) is 86.7 Å². The molecule has 3 heterocycles. The smallest absolute Gasteiger partial charge is 0.247 e. The molecule has 2 N–H and O–H groups in total. The summed E-state index contributed by atoms with van der Waals surface area (Å²) in [5.41, 5.74) is 12.3. The summed E-state index contributed by atoms with van der Waals surface area (Å²) >= 11 is 0. The van der Waals surface area contributed by atoms with Gasteiger partial charge in [0.1, 0.15) is 5.65 Å². The van der Waals surface area contributed by atoms with Crippen molar-refractivity contribution in [3.63, 3.8) is 0 Å². The number of benzene rings is 2. The molecule has 8 heteroatoms. The van der Waals surface area contributed by atoms with Crippen molar-refractivity contribution >= 4 is 28.3 Å². The second-order valence-electron chi connectivity index (χ2n) is 11.4. The van der Waals surface area contributed by atoms with Crippen LogP contribution in [0.3, 0.4) is 0 Å². The van der Waals surface area contributed by atoms with Gasteiger partial charge in [0.05, 0.1) is 11.9 Å². The van der Waals surface area contributed by atoms with E-state index in [1.54, 1.807) is 0 Å². The van der Waals surface area contributed by atoms with Crippen molar-refractivity contribution in [1.82, 2.24) is 24.6 Å². The lowest BCUT2D eigenvalue weighted by atomic mass is 9.91. The second-order valence-corrected chi connectivity index (χ2v) is 11.4. The SMILES string of the molecule is C=CC(=O)Nc1cc(-c2c(-c3ccc(N(C)CCN(C)C)cc3)[nH]c3ncc(-c4cnn(C)c4C)c(CC)c23)ccc1C. The highest BCUT2D eigenvalue weighted by Gasteiger charge is 2.23. The maximum Gasteiger partial charge on any atom is 0.247 e. The number of rotatable bonds is 10. The molecule has 5 rings (SSSR count). The van der Waals surface area contributed by atoms with Crippen molar-refractivity contribution in [1.29, 1.82) is 0 Å². The number of aryl methyl sites for hydroxylation is 3. The van der Waals surface area contributed by atoms with E-state index in [9.17, 15) is 4.79 Å². The lowest BCUT2D eigenvalue weighted by molar-refractivity contribution is -0.111. The number of aromatic nitrogens is 4. The summed E-state index contributed by atoms with van der Waals surface area (Å²) in [6.45, 7) is 11.8. The number of aromatic amines is 1. The van der Waals surface area contributed by atoms with E-state index in [-0.39, 0.29) is 5.91 Å². The van der Waals surface area contributed by atoms with Crippen LogP contribution < -0.4 is 10.2 Å². The van der Waals surface area contributed by atoms with Gasteiger partial charge < -0.3 is 20.1 Å². The monoisotopic (exact) mass is 575 g/mol. The zero-order valence-corrected chi connectivity index (χ0v) is 26.2. The number of hydrogen-bond acceptors (Lipinski definition) is 5. The molecule has 0 aliphatic heterocycles. The Morgan fingerprint density at radius 2 is 1.74 bits per heavy atom. The number of H-pyrrole nitrogens is 1. The number of pyridine rings is 1. The van der Waals surface area contributed by atoms with Crippen molar-refractivity contribution in [2.45, 2.75) is 27.2 Å². The normalized spacial score (nSPS) is 11.3. The zero-order valence-electron chi connectivity index (χ0n) is 26.2. The molecule has 0 aliphatic carbocycles. The molecule has 0 atom stereocenters. The molecule has 43 heavy (non-hydrogen) atoms. The number of anilines is 2. The first-order valence-corrected chi connectivity index (χ1v) is 14.7. The average Bonchev–Trinajstić information content (AvgIpc) is 3.56. The van der Waals surface area contributed by atoms with Crippen molar-refractivity contribution in [3.05, 3.63) is 84.3 Å². The molecule has 5 aromatic rings. The van der Waals surface area contributed by atoms with Crippen molar-refractivity contribution in [2.24, 2.45) is 7.05 Å². The van der Waals surface area contributed by atoms with Crippen LogP contribution in [0.25, 0.3) is 44.5 Å². The van der Waals surface area contributed by atoms with Crippen LogP contribution in [-0.4, -0.2) is 64.8 Å². The number of carbonyl (C=O) groups is 1. The number of hydrogen-bond donors (Lipinski definition) is 2. The molecule has 3 aromatic heterocycles. The van der Waals surface area contributed by atoms with E-state index in [1.165, 1.54) is 11.6 Å². The Morgan fingerprint density at radius 3 is 2.37 bits per heavy atom. The first-order chi connectivity index (χ1) is 20.6. The second kappa shape index (κ2) is 12.3. The van der Waals surface area contributed by atoms with Crippen LogP contribution in [0.5, 0.6) is 0 Å². The fraction of sp³-hybridized carbons (Fsp3) is 0.286. The fourth-order valence-electron chi connectivity index (χ4n) is 5.54. The van der Waals surface area contributed by atoms with Gasteiger partial charge in [-0.05, 0) is 80.9 Å². The van der Waals surface area contributed by atoms with Gasteiger partial charge in [0.2, 0.25) is 5.91 Å². The predicted molar refractivity (Wildman–Crippen MR) is 179 cm³/mol. The van der Waals surface area contributed by atoms with E-state index < -0.39 is 0 Å². The van der Waals surface area contributed by atoms with Crippen molar-refractivity contribution < 1.29 is 4.79 Å². The quantitative estimate of drug-likeness (QED) is 0.183. The Hall–Kier alpha value is -4.69. The van der Waals surface area contributed by atoms with Crippen molar-refractivity contribution in [3.8, 4) is 33.5 Å². The standard InChI is InChI=1S/C35H41N7O/c1-9-27-29(28-21-37-42(8)23(28)4)20-36-35-33(27)32(25-12-11-22(3)30(19-25)38-31(43)10-2)34(39-35)24-13-15-26(16-14-24)41(7)18-17-40(5)6/h10-16,19-21H,2,9,17-18H2,1,3-8H3,(H,36,39)(H,38,43). The number of likely N-dealkylation sites (N-methyl/N-ethyl adjacent to an activating group) is 2. The third-order valence-electron chi connectivity index (χ3n) is 8.26. The number of fused-ring (bicyclic) bond motifs is 1. The van der Waals surface area contributed by atoms with Crippen LogP contribution in [0.15, 0.2) is 67.5 Å². The van der Waals surface area contributed by atoms with Crippen LogP contribution in [0.1, 0.15) is 23.7 Å². The van der Waals surface area contributed by atoms with Crippen LogP contribution in [0.2, 0.25) is 0 Å². The van der Waals surface area contributed by atoms with Gasteiger partial charge in [-0.1, -0.05) is 37.8 Å². The van der Waals surface area contributed by atoms with Crippen LogP contribution in [-0.2, 0) is 18.3 Å². The van der Waals surface area contributed by atoms with Gasteiger partial charge in [0.25, 0.3) is 0 Å². The van der Waals surface area contributed by atoms with Crippen LogP contribution in [0, 0.1) is 13.8 Å². The molecule has 0 fully saturated rings. The molecular weight excluding hydrogens is 534 g/mol. The topological polar surface area (TPSA) is 82.1 Å². The number of carbonyl (C=O) groups excluding carboxylic acids is 1. The summed E-state index contributed by atoms with van der Waals surface area (Å²) in [4.78, 5) is 25.4. The van der Waals surface area contributed by atoms with Gasteiger partial charge >= 0.3 is 0 Å². The molecule has 222 valence electrons. The van der Waals surface area contributed by atoms with E-state index in [1.807, 2.05) is 43.2 Å². The van der Waals surface area contributed by atoms with Crippen molar-refractivity contribution in [2.75, 3.05) is 44.4 Å². The first-order valence-electron chi connectivity index (χ1n) is 14.7. The van der Waals surface area contributed by atoms with E-state index in [2.05, 4.69) is 97.1 Å². The summed E-state index contributed by atoms with van der Waals surface area (Å²) in [6, 6.07) is 14.9. The Balaban J connectivity index is 1.73. The highest BCUT2D eigenvalue weighted by atomic mass is 16.1. The molecule has 0 saturated heterocycles.